The van der Waals surface area contributed by atoms with E-state index in [2.05, 4.69) is 25.3 Å². The molecule has 15 heavy (non-hydrogen) atoms. The van der Waals surface area contributed by atoms with Crippen LogP contribution in [0.25, 0.3) is 5.57 Å². The first-order valence-corrected chi connectivity index (χ1v) is 5.18. The Bertz CT molecular complexity index is 393. The van der Waals surface area contributed by atoms with Gasteiger partial charge in [-0.3, -0.25) is 0 Å². The summed E-state index contributed by atoms with van der Waals surface area (Å²) in [5, 5.41) is 0. The number of benzene rings is 1. The lowest BCUT2D eigenvalue weighted by atomic mass is 10.1. The van der Waals surface area contributed by atoms with Gasteiger partial charge in [0.1, 0.15) is 5.82 Å². The Labute approximate surface area is 90.8 Å². The van der Waals surface area contributed by atoms with Crippen molar-refractivity contribution in [3.05, 3.63) is 42.2 Å². The summed E-state index contributed by atoms with van der Waals surface area (Å²) < 4.78 is 13.3. The monoisotopic (exact) mass is 202 g/mol. The van der Waals surface area contributed by atoms with E-state index >= 15 is 0 Å². The van der Waals surface area contributed by atoms with Crippen LogP contribution >= 0.6 is 0 Å². The Morgan fingerprint density at radius 3 is 2.80 bits per heavy atom. The summed E-state index contributed by atoms with van der Waals surface area (Å²) in [5.41, 5.74) is 1.06. The van der Waals surface area contributed by atoms with E-state index in [1.807, 2.05) is 0 Å². The van der Waals surface area contributed by atoms with Crippen molar-refractivity contribution < 1.29 is 4.39 Å². The van der Waals surface area contributed by atoms with Crippen molar-refractivity contribution in [2.24, 2.45) is 0 Å². The zero-order valence-corrected chi connectivity index (χ0v) is 9.02. The molecule has 0 amide bonds. The Morgan fingerprint density at radius 2 is 2.13 bits per heavy atom. The second-order valence-electron chi connectivity index (χ2n) is 3.36. The third-order valence-corrected chi connectivity index (χ3v) is 2.09. The van der Waals surface area contributed by atoms with Crippen molar-refractivity contribution in [2.45, 2.75) is 26.2 Å². The molecular weight excluding hydrogens is 187 g/mol. The van der Waals surface area contributed by atoms with Crippen LogP contribution in [0.2, 0.25) is 0 Å². The van der Waals surface area contributed by atoms with Crippen LogP contribution in [-0.4, -0.2) is 0 Å². The van der Waals surface area contributed by atoms with Gasteiger partial charge >= 0.3 is 0 Å². The molecule has 0 saturated carbocycles. The molecule has 0 bridgehead atoms. The molecule has 0 saturated heterocycles. The van der Waals surface area contributed by atoms with Gasteiger partial charge in [-0.2, -0.15) is 0 Å². The van der Waals surface area contributed by atoms with Gasteiger partial charge in [0, 0.05) is 17.6 Å². The molecule has 78 valence electrons. The Hall–Kier alpha value is -1.55. The fraction of sp³-hybridized carbons (Fsp3) is 0.286. The molecule has 0 nitrogen and oxygen atoms in total. The highest BCUT2D eigenvalue weighted by Gasteiger charge is 2.01. The molecule has 0 fully saturated rings. The average Bonchev–Trinajstić information content (AvgIpc) is 2.25. The van der Waals surface area contributed by atoms with Crippen molar-refractivity contribution >= 4 is 5.57 Å². The topological polar surface area (TPSA) is 0 Å². The molecule has 0 aromatic heterocycles. The van der Waals surface area contributed by atoms with Gasteiger partial charge in [0.15, 0.2) is 0 Å². The molecule has 1 heteroatoms. The maximum atomic E-state index is 13.3. The van der Waals surface area contributed by atoms with E-state index in [9.17, 15) is 4.39 Å². The summed E-state index contributed by atoms with van der Waals surface area (Å²) in [6, 6.07) is 6.58. The number of allylic oxidation sites excluding steroid dienone is 1. The van der Waals surface area contributed by atoms with Crippen LogP contribution in [0.15, 0.2) is 30.8 Å². The molecule has 0 aliphatic carbocycles. The first-order chi connectivity index (χ1) is 7.25. The van der Waals surface area contributed by atoms with E-state index < -0.39 is 0 Å². The Balaban J connectivity index is 2.68. The smallest absolute Gasteiger partial charge is 0.131 e. The highest BCUT2D eigenvalue weighted by Crippen LogP contribution is 2.15. The lowest BCUT2D eigenvalue weighted by molar-refractivity contribution is 0.624. The molecule has 0 heterocycles. The van der Waals surface area contributed by atoms with E-state index in [1.165, 1.54) is 6.07 Å². The molecule has 0 radical (unpaired) electrons. The van der Waals surface area contributed by atoms with Gasteiger partial charge in [0.05, 0.1) is 0 Å². The molecule has 1 aromatic carbocycles. The standard InChI is InChI=1S/C14H15F/c1-3-4-5-6-9-12(2)13-10-7-8-11-14(13)15/h7-8,10-11H,2-5H2,1H3. The van der Waals surface area contributed by atoms with Crippen molar-refractivity contribution in [2.75, 3.05) is 0 Å². The average molecular weight is 202 g/mol. The van der Waals surface area contributed by atoms with Crippen molar-refractivity contribution in [1.29, 1.82) is 0 Å². The molecule has 1 aromatic rings. The molecular formula is C14H15F. The van der Waals surface area contributed by atoms with Crippen LogP contribution in [0.3, 0.4) is 0 Å². The summed E-state index contributed by atoms with van der Waals surface area (Å²) in [5.74, 6) is 5.63. The molecule has 0 atom stereocenters. The van der Waals surface area contributed by atoms with Gasteiger partial charge in [-0.05, 0) is 12.5 Å². The SMILES string of the molecule is C=C(C#CCCCC)c1ccccc1F. The lowest BCUT2D eigenvalue weighted by Crippen LogP contribution is -1.85. The van der Waals surface area contributed by atoms with Crippen LogP contribution in [-0.2, 0) is 0 Å². The zero-order valence-electron chi connectivity index (χ0n) is 9.02. The van der Waals surface area contributed by atoms with Crippen LogP contribution in [0.5, 0.6) is 0 Å². The predicted octanol–water partition coefficient (Wildman–Crippen LogP) is 4.03. The third kappa shape index (κ3) is 3.59. The van der Waals surface area contributed by atoms with Gasteiger partial charge in [0.25, 0.3) is 0 Å². The van der Waals surface area contributed by atoms with Gasteiger partial charge in [-0.1, -0.05) is 50.0 Å². The second-order valence-corrected chi connectivity index (χ2v) is 3.36. The first-order valence-electron chi connectivity index (χ1n) is 5.18. The molecule has 0 spiro atoms. The van der Waals surface area contributed by atoms with Crippen LogP contribution < -0.4 is 0 Å². The molecule has 0 aliphatic heterocycles. The summed E-state index contributed by atoms with van der Waals surface area (Å²) in [7, 11) is 0. The summed E-state index contributed by atoms with van der Waals surface area (Å²) in [6.45, 7) is 5.89. The zero-order chi connectivity index (χ0) is 11.1. The fourth-order valence-electron chi connectivity index (χ4n) is 1.21. The highest BCUT2D eigenvalue weighted by molar-refractivity contribution is 5.77. The summed E-state index contributed by atoms with van der Waals surface area (Å²) >= 11 is 0. The van der Waals surface area contributed by atoms with Crippen LogP contribution in [0, 0.1) is 17.7 Å². The van der Waals surface area contributed by atoms with Crippen molar-refractivity contribution in [3.8, 4) is 11.8 Å². The van der Waals surface area contributed by atoms with Crippen molar-refractivity contribution in [3.63, 3.8) is 0 Å². The summed E-state index contributed by atoms with van der Waals surface area (Å²) in [4.78, 5) is 0. The second kappa shape index (κ2) is 6.03. The third-order valence-electron chi connectivity index (χ3n) is 2.09. The van der Waals surface area contributed by atoms with E-state index in [0.29, 0.717) is 11.1 Å². The van der Waals surface area contributed by atoms with Gasteiger partial charge in [-0.25, -0.2) is 4.39 Å². The van der Waals surface area contributed by atoms with E-state index in [1.54, 1.807) is 18.2 Å². The van der Waals surface area contributed by atoms with E-state index in [4.69, 9.17) is 0 Å². The Kier molecular flexibility index (Phi) is 4.63. The minimum absolute atomic E-state index is 0.257. The normalized spacial score (nSPS) is 9.20. The number of halogens is 1. The fourth-order valence-corrected chi connectivity index (χ4v) is 1.21. The van der Waals surface area contributed by atoms with Gasteiger partial charge in [-0.15, -0.1) is 0 Å². The molecule has 1 rings (SSSR count). The maximum absolute atomic E-state index is 13.3. The largest absolute Gasteiger partial charge is 0.206 e. The van der Waals surface area contributed by atoms with Crippen LogP contribution in [0.4, 0.5) is 4.39 Å². The molecule has 0 unspecified atom stereocenters. The quantitative estimate of drug-likeness (QED) is 0.512. The van der Waals surface area contributed by atoms with E-state index in [-0.39, 0.29) is 5.82 Å². The molecule has 0 N–H and O–H groups in total. The summed E-state index contributed by atoms with van der Waals surface area (Å²) in [6.07, 6.45) is 3.06. The van der Waals surface area contributed by atoms with E-state index in [0.717, 1.165) is 19.3 Å². The predicted molar refractivity (Wildman–Crippen MR) is 62.7 cm³/mol. The lowest BCUT2D eigenvalue weighted by Gasteiger charge is -1.98. The van der Waals surface area contributed by atoms with Crippen LogP contribution in [0.1, 0.15) is 31.7 Å². The number of unbranched alkanes of at least 4 members (excludes halogenated alkanes) is 2. The van der Waals surface area contributed by atoms with Crippen molar-refractivity contribution in [1.82, 2.24) is 0 Å². The van der Waals surface area contributed by atoms with Gasteiger partial charge in [0.2, 0.25) is 0 Å². The highest BCUT2D eigenvalue weighted by atomic mass is 19.1. The number of hydrogen-bond acceptors (Lipinski definition) is 0. The Morgan fingerprint density at radius 1 is 1.40 bits per heavy atom. The van der Waals surface area contributed by atoms with Gasteiger partial charge < -0.3 is 0 Å². The minimum Gasteiger partial charge on any atom is -0.206 e. The molecule has 0 aliphatic rings. The first kappa shape index (κ1) is 11.5. The number of hydrogen-bond donors (Lipinski definition) is 0. The maximum Gasteiger partial charge on any atom is 0.131 e. The minimum atomic E-state index is -0.257. The number of rotatable bonds is 3.